The second-order valence-electron chi connectivity index (χ2n) is 6.30. The molecule has 0 saturated heterocycles. The van der Waals surface area contributed by atoms with Crippen LogP contribution in [0.25, 0.3) is 10.9 Å². The lowest BCUT2D eigenvalue weighted by molar-refractivity contribution is -0.120. The number of benzene rings is 2. The zero-order valence-electron chi connectivity index (χ0n) is 15.1. The molecular weight excluding hydrogens is 326 g/mol. The molecule has 0 radical (unpaired) electrons. The van der Waals surface area contributed by atoms with Crippen molar-refractivity contribution in [3.05, 3.63) is 65.9 Å². The summed E-state index contributed by atoms with van der Waals surface area (Å²) in [5.74, 6) is -0.448. The molecule has 3 rings (SSSR count). The van der Waals surface area contributed by atoms with Crippen molar-refractivity contribution in [3.63, 3.8) is 0 Å². The van der Waals surface area contributed by atoms with E-state index in [1.807, 2.05) is 56.3 Å². The highest BCUT2D eigenvalue weighted by molar-refractivity contribution is 6.05. The van der Waals surface area contributed by atoms with Gasteiger partial charge in [-0.25, -0.2) is 0 Å². The Balaban J connectivity index is 1.82. The molecule has 0 aliphatic heterocycles. The minimum absolute atomic E-state index is 0.0545. The number of amides is 2. The molecule has 0 atom stereocenters. The Morgan fingerprint density at radius 2 is 1.81 bits per heavy atom. The van der Waals surface area contributed by atoms with Crippen LogP contribution in [0.3, 0.4) is 0 Å². The highest BCUT2D eigenvalue weighted by Crippen LogP contribution is 2.22. The molecular formula is C21H21N3O2. The highest BCUT2D eigenvalue weighted by atomic mass is 16.2. The van der Waals surface area contributed by atoms with Crippen molar-refractivity contribution in [1.29, 1.82) is 0 Å². The molecule has 1 N–H and O–H groups in total. The Kier molecular flexibility index (Phi) is 4.98. The lowest BCUT2D eigenvalue weighted by atomic mass is 10.1. The van der Waals surface area contributed by atoms with E-state index >= 15 is 0 Å². The molecule has 5 heteroatoms. The van der Waals surface area contributed by atoms with Gasteiger partial charge in [0.25, 0.3) is 0 Å². The van der Waals surface area contributed by atoms with Crippen LogP contribution in [0.5, 0.6) is 0 Å². The Hall–Kier alpha value is -3.21. The van der Waals surface area contributed by atoms with Gasteiger partial charge in [0.05, 0.1) is 11.2 Å². The molecule has 0 aliphatic rings. The number of carbonyl (C=O) groups excluding carboxylic acids is 2. The molecule has 0 saturated carbocycles. The summed E-state index contributed by atoms with van der Waals surface area (Å²) < 4.78 is 0. The quantitative estimate of drug-likeness (QED) is 0.780. The third kappa shape index (κ3) is 3.72. The van der Waals surface area contributed by atoms with Gasteiger partial charge in [-0.1, -0.05) is 24.3 Å². The van der Waals surface area contributed by atoms with Crippen LogP contribution in [0.1, 0.15) is 18.1 Å². The van der Waals surface area contributed by atoms with Gasteiger partial charge in [-0.3, -0.25) is 14.6 Å². The third-order valence-electron chi connectivity index (χ3n) is 4.39. The number of hydrogen-bond acceptors (Lipinski definition) is 3. The molecule has 26 heavy (non-hydrogen) atoms. The molecule has 1 aromatic heterocycles. The van der Waals surface area contributed by atoms with Crippen LogP contribution >= 0.6 is 0 Å². The largest absolute Gasteiger partial charge is 0.323 e. The van der Waals surface area contributed by atoms with Crippen molar-refractivity contribution in [1.82, 2.24) is 4.98 Å². The fraction of sp³-hybridized carbons (Fsp3) is 0.190. The lowest BCUT2D eigenvalue weighted by Gasteiger charge is -2.21. The topological polar surface area (TPSA) is 62.3 Å². The number of rotatable bonds is 4. The summed E-state index contributed by atoms with van der Waals surface area (Å²) >= 11 is 0. The van der Waals surface area contributed by atoms with Crippen LogP contribution in [0.2, 0.25) is 0 Å². The number of anilines is 2. The van der Waals surface area contributed by atoms with Crippen molar-refractivity contribution < 1.29 is 9.59 Å². The smallest absolute Gasteiger partial charge is 0.244 e. The van der Waals surface area contributed by atoms with E-state index in [9.17, 15) is 9.59 Å². The van der Waals surface area contributed by atoms with Crippen LogP contribution < -0.4 is 10.2 Å². The summed E-state index contributed by atoms with van der Waals surface area (Å²) in [5.41, 5.74) is 4.29. The summed E-state index contributed by atoms with van der Waals surface area (Å²) in [6, 6.07) is 15.1. The van der Waals surface area contributed by atoms with Crippen molar-refractivity contribution >= 4 is 34.1 Å². The molecule has 0 fully saturated rings. The summed E-state index contributed by atoms with van der Waals surface area (Å²) in [6.45, 7) is 5.40. The zero-order valence-corrected chi connectivity index (χ0v) is 15.1. The van der Waals surface area contributed by atoms with Crippen molar-refractivity contribution in [2.75, 3.05) is 16.8 Å². The van der Waals surface area contributed by atoms with Gasteiger partial charge in [0.1, 0.15) is 6.54 Å². The first-order valence-electron chi connectivity index (χ1n) is 8.44. The number of nitrogens with one attached hydrogen (secondary N) is 1. The molecule has 2 amide bonds. The van der Waals surface area contributed by atoms with Crippen LogP contribution in [0.4, 0.5) is 11.4 Å². The van der Waals surface area contributed by atoms with Gasteiger partial charge in [-0.05, 0) is 49.2 Å². The van der Waals surface area contributed by atoms with E-state index < -0.39 is 0 Å². The first kappa shape index (κ1) is 17.6. The summed E-state index contributed by atoms with van der Waals surface area (Å²) in [7, 11) is 0. The van der Waals surface area contributed by atoms with Crippen LogP contribution in [-0.4, -0.2) is 23.3 Å². The second kappa shape index (κ2) is 7.35. The highest BCUT2D eigenvalue weighted by Gasteiger charge is 2.17. The number of pyridine rings is 1. The molecule has 132 valence electrons. The summed E-state index contributed by atoms with van der Waals surface area (Å²) in [4.78, 5) is 30.4. The molecule has 2 aromatic carbocycles. The minimum atomic E-state index is -0.267. The molecule has 0 bridgehead atoms. The number of aromatic nitrogens is 1. The SMILES string of the molecule is CC(=O)N(CC(=O)Nc1cccc2cccnc12)c1ccc(C)c(C)c1. The van der Waals surface area contributed by atoms with E-state index in [0.717, 1.165) is 22.0 Å². The van der Waals surface area contributed by atoms with E-state index in [0.29, 0.717) is 11.4 Å². The zero-order chi connectivity index (χ0) is 18.7. The van der Waals surface area contributed by atoms with E-state index in [1.54, 1.807) is 12.3 Å². The number of aryl methyl sites for hydroxylation is 2. The average molecular weight is 347 g/mol. The fourth-order valence-corrected chi connectivity index (χ4v) is 2.82. The van der Waals surface area contributed by atoms with E-state index in [4.69, 9.17) is 0 Å². The standard InChI is InChI=1S/C21H21N3O2/c1-14-9-10-18(12-15(14)2)24(16(3)25)13-20(26)23-19-8-4-6-17-7-5-11-22-21(17)19/h4-12H,13H2,1-3H3,(H,23,26). The Labute approximate surface area is 152 Å². The van der Waals surface area contributed by atoms with Gasteiger partial charge in [0.2, 0.25) is 11.8 Å². The normalized spacial score (nSPS) is 10.6. The predicted molar refractivity (Wildman–Crippen MR) is 104 cm³/mol. The van der Waals surface area contributed by atoms with Crippen molar-refractivity contribution in [2.45, 2.75) is 20.8 Å². The van der Waals surface area contributed by atoms with E-state index in [1.165, 1.54) is 11.8 Å². The van der Waals surface area contributed by atoms with E-state index in [-0.39, 0.29) is 18.4 Å². The predicted octanol–water partition coefficient (Wildman–Crippen LogP) is 3.84. The Morgan fingerprint density at radius 3 is 2.54 bits per heavy atom. The van der Waals surface area contributed by atoms with Gasteiger partial charge in [-0.15, -0.1) is 0 Å². The Morgan fingerprint density at radius 1 is 1.04 bits per heavy atom. The Bertz CT molecular complexity index is 977. The molecule has 0 aliphatic carbocycles. The number of nitrogens with zero attached hydrogens (tertiary/aromatic N) is 2. The van der Waals surface area contributed by atoms with Crippen LogP contribution in [0, 0.1) is 13.8 Å². The number of hydrogen-bond donors (Lipinski definition) is 1. The lowest BCUT2D eigenvalue weighted by Crippen LogP contribution is -2.36. The third-order valence-corrected chi connectivity index (χ3v) is 4.39. The summed E-state index contributed by atoms with van der Waals surface area (Å²) in [6.07, 6.45) is 1.69. The molecule has 5 nitrogen and oxygen atoms in total. The molecule has 0 spiro atoms. The first-order chi connectivity index (χ1) is 12.5. The van der Waals surface area contributed by atoms with Gasteiger partial charge >= 0.3 is 0 Å². The molecule has 3 aromatic rings. The maximum absolute atomic E-state index is 12.6. The maximum atomic E-state index is 12.6. The van der Waals surface area contributed by atoms with Gasteiger partial charge in [0.15, 0.2) is 0 Å². The van der Waals surface area contributed by atoms with Gasteiger partial charge < -0.3 is 10.2 Å². The van der Waals surface area contributed by atoms with E-state index in [2.05, 4.69) is 10.3 Å². The average Bonchev–Trinajstić information content (AvgIpc) is 2.62. The minimum Gasteiger partial charge on any atom is -0.323 e. The summed E-state index contributed by atoms with van der Waals surface area (Å²) in [5, 5.41) is 3.82. The maximum Gasteiger partial charge on any atom is 0.244 e. The van der Waals surface area contributed by atoms with Crippen LogP contribution in [-0.2, 0) is 9.59 Å². The van der Waals surface area contributed by atoms with Crippen LogP contribution in [0.15, 0.2) is 54.7 Å². The molecule has 0 unspecified atom stereocenters. The molecule has 1 heterocycles. The first-order valence-corrected chi connectivity index (χ1v) is 8.44. The number of para-hydroxylation sites is 1. The number of carbonyl (C=O) groups is 2. The fourth-order valence-electron chi connectivity index (χ4n) is 2.82. The monoisotopic (exact) mass is 347 g/mol. The van der Waals surface area contributed by atoms with Crippen molar-refractivity contribution in [3.8, 4) is 0 Å². The van der Waals surface area contributed by atoms with Gasteiger partial charge in [-0.2, -0.15) is 0 Å². The number of fused-ring (bicyclic) bond motifs is 1. The second-order valence-corrected chi connectivity index (χ2v) is 6.30. The van der Waals surface area contributed by atoms with Gasteiger partial charge in [0, 0.05) is 24.2 Å². The van der Waals surface area contributed by atoms with Crippen molar-refractivity contribution in [2.24, 2.45) is 0 Å².